The number of hydrogen-bond acceptors (Lipinski definition) is 8. The largest absolute Gasteiger partial charge is 0.508 e. The number of aromatic hydroxyl groups is 1. The Bertz CT molecular complexity index is 1220. The minimum Gasteiger partial charge on any atom is -0.508 e. The third-order valence-electron chi connectivity index (χ3n) is 6.27. The Hall–Kier alpha value is -4.69. The van der Waals surface area contributed by atoms with Gasteiger partial charge < -0.3 is 48.5 Å². The van der Waals surface area contributed by atoms with Crippen LogP contribution in [0.5, 0.6) is 5.75 Å². The molecule has 0 fully saturated rings. The standard InChI is InChI=1S/C28H39N7O7/c1-16(36)23(26(40)33-21(27(41)42)8-5-13-32-28(30)31)35-25(39)22(15-17-6-3-2-4-7-17)34-24(38)20(29)14-18-9-11-19(37)12-10-18/h2-4,6-7,9-12,16,20-23,36-37H,5,8,13-15,29H2,1H3,(H,33,40)(H,34,38)(H,35,39)(H,41,42)(H4,30,31,32). The highest BCUT2D eigenvalue weighted by atomic mass is 16.4. The first-order valence-corrected chi connectivity index (χ1v) is 13.3. The number of guanidine groups is 1. The van der Waals surface area contributed by atoms with Gasteiger partial charge in [-0.05, 0) is 49.4 Å². The van der Waals surface area contributed by atoms with E-state index in [1.807, 2.05) is 0 Å². The van der Waals surface area contributed by atoms with Crippen molar-refractivity contribution >= 4 is 29.7 Å². The van der Waals surface area contributed by atoms with Crippen molar-refractivity contribution in [3.8, 4) is 5.75 Å². The summed E-state index contributed by atoms with van der Waals surface area (Å²) in [5, 5.41) is 36.7. The second kappa shape index (κ2) is 16.5. The van der Waals surface area contributed by atoms with Crippen LogP contribution in [0.2, 0.25) is 0 Å². The van der Waals surface area contributed by atoms with Crippen LogP contribution in [0, 0.1) is 0 Å². The number of carbonyl (C=O) groups is 4. The molecule has 14 nitrogen and oxygen atoms in total. The van der Waals surface area contributed by atoms with Crippen molar-refractivity contribution in [2.75, 3.05) is 6.54 Å². The molecule has 0 bridgehead atoms. The molecular formula is C28H39N7O7. The Kier molecular flexibility index (Phi) is 13.2. The lowest BCUT2D eigenvalue weighted by Gasteiger charge is -2.26. The van der Waals surface area contributed by atoms with E-state index < -0.39 is 54.0 Å². The molecule has 0 aliphatic carbocycles. The van der Waals surface area contributed by atoms with Gasteiger partial charge in [0.25, 0.3) is 0 Å². The fraction of sp³-hybridized carbons (Fsp3) is 0.393. The molecule has 0 aliphatic heterocycles. The Morgan fingerprint density at radius 2 is 1.43 bits per heavy atom. The number of carboxylic acid groups (broad SMARTS) is 1. The number of rotatable bonds is 16. The molecule has 42 heavy (non-hydrogen) atoms. The Labute approximate surface area is 243 Å². The van der Waals surface area contributed by atoms with Gasteiger partial charge in [0.05, 0.1) is 12.1 Å². The van der Waals surface area contributed by atoms with Crippen molar-refractivity contribution in [3.63, 3.8) is 0 Å². The molecular weight excluding hydrogens is 546 g/mol. The Morgan fingerprint density at radius 1 is 0.833 bits per heavy atom. The summed E-state index contributed by atoms with van der Waals surface area (Å²) in [6.07, 6.45) is -0.999. The molecule has 5 atom stereocenters. The summed E-state index contributed by atoms with van der Waals surface area (Å²) >= 11 is 0. The average molecular weight is 586 g/mol. The van der Waals surface area contributed by atoms with E-state index in [0.717, 1.165) is 0 Å². The monoisotopic (exact) mass is 585 g/mol. The predicted octanol–water partition coefficient (Wildman–Crippen LogP) is -1.52. The van der Waals surface area contributed by atoms with Gasteiger partial charge in [0.2, 0.25) is 17.7 Å². The molecule has 0 saturated carbocycles. The topological polar surface area (TPSA) is 255 Å². The van der Waals surface area contributed by atoms with Crippen molar-refractivity contribution in [2.24, 2.45) is 22.2 Å². The Balaban J connectivity index is 2.15. The number of aliphatic imine (C=N–C) groups is 1. The molecule has 0 heterocycles. The molecule has 0 aromatic heterocycles. The lowest BCUT2D eigenvalue weighted by Crippen LogP contribution is -2.60. The molecule has 228 valence electrons. The summed E-state index contributed by atoms with van der Waals surface area (Å²) in [6, 6.07) is 9.89. The molecule has 12 N–H and O–H groups in total. The number of nitrogens with zero attached hydrogens (tertiary/aromatic N) is 1. The van der Waals surface area contributed by atoms with Crippen LogP contribution >= 0.6 is 0 Å². The predicted molar refractivity (Wildman–Crippen MR) is 155 cm³/mol. The smallest absolute Gasteiger partial charge is 0.326 e. The van der Waals surface area contributed by atoms with Crippen molar-refractivity contribution in [1.29, 1.82) is 0 Å². The van der Waals surface area contributed by atoms with Crippen LogP contribution in [0.25, 0.3) is 0 Å². The maximum atomic E-state index is 13.4. The van der Waals surface area contributed by atoms with E-state index in [1.165, 1.54) is 19.1 Å². The highest BCUT2D eigenvalue weighted by Gasteiger charge is 2.32. The summed E-state index contributed by atoms with van der Waals surface area (Å²) in [4.78, 5) is 54.8. The van der Waals surface area contributed by atoms with Crippen LogP contribution in [-0.2, 0) is 32.0 Å². The van der Waals surface area contributed by atoms with Crippen molar-refractivity contribution in [3.05, 3.63) is 65.7 Å². The van der Waals surface area contributed by atoms with Gasteiger partial charge in [-0.25, -0.2) is 4.79 Å². The number of nitrogens with one attached hydrogen (secondary N) is 3. The number of nitrogens with two attached hydrogens (primary N) is 3. The van der Waals surface area contributed by atoms with Crippen LogP contribution < -0.4 is 33.2 Å². The van der Waals surface area contributed by atoms with E-state index in [0.29, 0.717) is 11.1 Å². The van der Waals surface area contributed by atoms with Crippen LogP contribution in [-0.4, -0.2) is 81.8 Å². The summed E-state index contributed by atoms with van der Waals surface area (Å²) in [5.74, 6) is -3.76. The quantitative estimate of drug-likeness (QED) is 0.0624. The number of aliphatic hydroxyl groups is 1. The molecule has 2 aromatic rings. The lowest BCUT2D eigenvalue weighted by atomic mass is 10.0. The number of phenols is 1. The molecule has 3 amide bonds. The van der Waals surface area contributed by atoms with Crippen molar-refractivity contribution in [1.82, 2.24) is 16.0 Å². The lowest BCUT2D eigenvalue weighted by molar-refractivity contribution is -0.143. The molecule has 0 radical (unpaired) electrons. The second-order valence-corrected chi connectivity index (χ2v) is 9.80. The summed E-state index contributed by atoms with van der Waals surface area (Å²) in [7, 11) is 0. The van der Waals surface area contributed by atoms with Crippen LogP contribution in [0.1, 0.15) is 30.9 Å². The van der Waals surface area contributed by atoms with Crippen LogP contribution in [0.15, 0.2) is 59.6 Å². The van der Waals surface area contributed by atoms with Crippen molar-refractivity contribution in [2.45, 2.75) is 62.9 Å². The molecule has 0 saturated heterocycles. The Morgan fingerprint density at radius 3 is 2.00 bits per heavy atom. The fourth-order valence-electron chi connectivity index (χ4n) is 4.00. The zero-order valence-electron chi connectivity index (χ0n) is 23.3. The molecule has 0 spiro atoms. The minimum atomic E-state index is -1.53. The number of hydrogen-bond donors (Lipinski definition) is 9. The minimum absolute atomic E-state index is 0.00998. The van der Waals surface area contributed by atoms with E-state index in [9.17, 15) is 34.5 Å². The van der Waals surface area contributed by atoms with Gasteiger partial charge in [0, 0.05) is 13.0 Å². The van der Waals surface area contributed by atoms with Crippen LogP contribution in [0.3, 0.4) is 0 Å². The highest BCUT2D eigenvalue weighted by molar-refractivity contribution is 5.94. The molecule has 0 aliphatic rings. The third kappa shape index (κ3) is 11.4. The SMILES string of the molecule is CC(O)C(NC(=O)C(Cc1ccccc1)NC(=O)C(N)Cc1ccc(O)cc1)C(=O)NC(CCCN=C(N)N)C(=O)O. The van der Waals surface area contributed by atoms with Gasteiger partial charge in [-0.15, -0.1) is 0 Å². The number of aliphatic carboxylic acids is 1. The zero-order valence-corrected chi connectivity index (χ0v) is 23.3. The maximum Gasteiger partial charge on any atom is 0.326 e. The zero-order chi connectivity index (χ0) is 31.2. The first-order valence-electron chi connectivity index (χ1n) is 13.3. The van der Waals surface area contributed by atoms with E-state index in [1.54, 1.807) is 42.5 Å². The summed E-state index contributed by atoms with van der Waals surface area (Å²) in [5.41, 5.74) is 18.0. The highest BCUT2D eigenvalue weighted by Crippen LogP contribution is 2.12. The van der Waals surface area contributed by atoms with E-state index in [4.69, 9.17) is 17.2 Å². The number of amides is 3. The second-order valence-electron chi connectivity index (χ2n) is 9.80. The molecule has 14 heteroatoms. The van der Waals surface area contributed by atoms with Gasteiger partial charge in [-0.1, -0.05) is 42.5 Å². The van der Waals surface area contributed by atoms with E-state index in [2.05, 4.69) is 20.9 Å². The van der Waals surface area contributed by atoms with Gasteiger partial charge in [0.15, 0.2) is 5.96 Å². The first kappa shape index (κ1) is 33.5. The number of carboxylic acids is 1. The van der Waals surface area contributed by atoms with E-state index in [-0.39, 0.29) is 43.9 Å². The van der Waals surface area contributed by atoms with Gasteiger partial charge in [-0.3, -0.25) is 19.4 Å². The van der Waals surface area contributed by atoms with Crippen LogP contribution in [0.4, 0.5) is 0 Å². The van der Waals surface area contributed by atoms with Gasteiger partial charge >= 0.3 is 5.97 Å². The number of carbonyl (C=O) groups excluding carboxylic acids is 3. The molecule has 2 rings (SSSR count). The fourth-order valence-corrected chi connectivity index (χ4v) is 4.00. The summed E-state index contributed by atoms with van der Waals surface area (Å²) in [6.45, 7) is 1.41. The number of aliphatic hydroxyl groups excluding tert-OH is 1. The van der Waals surface area contributed by atoms with Gasteiger partial charge in [0.1, 0.15) is 23.9 Å². The van der Waals surface area contributed by atoms with Crippen molar-refractivity contribution < 1.29 is 34.5 Å². The maximum absolute atomic E-state index is 13.4. The molecule has 2 aromatic carbocycles. The summed E-state index contributed by atoms with van der Waals surface area (Å²) < 4.78 is 0. The molecule has 5 unspecified atom stereocenters. The first-order chi connectivity index (χ1) is 19.9. The number of phenolic OH excluding ortho intramolecular Hbond substituents is 1. The third-order valence-corrected chi connectivity index (χ3v) is 6.27. The number of benzene rings is 2. The van der Waals surface area contributed by atoms with Gasteiger partial charge in [-0.2, -0.15) is 0 Å². The average Bonchev–Trinajstić information content (AvgIpc) is 2.93. The van der Waals surface area contributed by atoms with E-state index >= 15 is 0 Å². The normalized spacial score (nSPS) is 14.4.